The molecule has 15 heavy (non-hydrogen) atoms. The zero-order valence-corrected chi connectivity index (χ0v) is 9.81. The van der Waals surface area contributed by atoms with Crippen molar-refractivity contribution in [2.24, 2.45) is 11.7 Å². The summed E-state index contributed by atoms with van der Waals surface area (Å²) < 4.78 is 1.64. The SMILES string of the molecule is CC(N)c1cn(CC(C)(O)C(C)C)nn1. The van der Waals surface area contributed by atoms with Gasteiger partial charge in [-0.05, 0) is 19.8 Å². The Morgan fingerprint density at radius 1 is 1.53 bits per heavy atom. The van der Waals surface area contributed by atoms with Gasteiger partial charge in [-0.15, -0.1) is 5.10 Å². The third kappa shape index (κ3) is 3.00. The van der Waals surface area contributed by atoms with Crippen molar-refractivity contribution in [3.05, 3.63) is 11.9 Å². The molecule has 2 atom stereocenters. The van der Waals surface area contributed by atoms with Crippen LogP contribution in [0.1, 0.15) is 39.4 Å². The van der Waals surface area contributed by atoms with Gasteiger partial charge in [-0.3, -0.25) is 0 Å². The van der Waals surface area contributed by atoms with Crippen molar-refractivity contribution >= 4 is 0 Å². The molecule has 1 aromatic rings. The van der Waals surface area contributed by atoms with Crippen LogP contribution in [0.5, 0.6) is 0 Å². The molecule has 1 aromatic heterocycles. The van der Waals surface area contributed by atoms with E-state index in [0.29, 0.717) is 6.54 Å². The number of hydrogen-bond donors (Lipinski definition) is 2. The largest absolute Gasteiger partial charge is 0.388 e. The van der Waals surface area contributed by atoms with Gasteiger partial charge in [0.1, 0.15) is 0 Å². The highest BCUT2D eigenvalue weighted by Gasteiger charge is 2.26. The van der Waals surface area contributed by atoms with Crippen LogP contribution in [0, 0.1) is 5.92 Å². The molecule has 0 amide bonds. The van der Waals surface area contributed by atoms with E-state index in [1.54, 1.807) is 17.8 Å². The van der Waals surface area contributed by atoms with Crippen molar-refractivity contribution in [3.63, 3.8) is 0 Å². The van der Waals surface area contributed by atoms with E-state index in [2.05, 4.69) is 10.3 Å². The second-order valence-electron chi connectivity index (χ2n) is 4.64. The second kappa shape index (κ2) is 4.28. The first kappa shape index (κ1) is 12.1. The lowest BCUT2D eigenvalue weighted by atomic mass is 9.93. The topological polar surface area (TPSA) is 77.0 Å². The molecular weight excluding hydrogens is 192 g/mol. The minimum Gasteiger partial charge on any atom is -0.388 e. The van der Waals surface area contributed by atoms with E-state index < -0.39 is 5.60 Å². The van der Waals surface area contributed by atoms with Gasteiger partial charge in [0.15, 0.2) is 0 Å². The van der Waals surface area contributed by atoms with Gasteiger partial charge in [0, 0.05) is 6.04 Å². The molecule has 0 radical (unpaired) electrons. The highest BCUT2D eigenvalue weighted by atomic mass is 16.3. The molecule has 3 N–H and O–H groups in total. The van der Waals surface area contributed by atoms with E-state index in [0.717, 1.165) is 5.69 Å². The number of nitrogens with two attached hydrogens (primary N) is 1. The Balaban J connectivity index is 2.73. The summed E-state index contributed by atoms with van der Waals surface area (Å²) in [6.07, 6.45) is 1.78. The summed E-state index contributed by atoms with van der Waals surface area (Å²) in [5.41, 5.74) is 5.64. The summed E-state index contributed by atoms with van der Waals surface area (Å²) in [6.45, 7) is 8.04. The highest BCUT2D eigenvalue weighted by Crippen LogP contribution is 2.18. The summed E-state index contributed by atoms with van der Waals surface area (Å²) in [7, 11) is 0. The summed E-state index contributed by atoms with van der Waals surface area (Å²) in [5, 5.41) is 17.9. The zero-order valence-electron chi connectivity index (χ0n) is 9.81. The van der Waals surface area contributed by atoms with E-state index in [4.69, 9.17) is 5.73 Å². The molecule has 0 aliphatic rings. The van der Waals surface area contributed by atoms with Crippen LogP contribution in [0.25, 0.3) is 0 Å². The van der Waals surface area contributed by atoms with Crippen LogP contribution in [0.2, 0.25) is 0 Å². The van der Waals surface area contributed by atoms with Gasteiger partial charge in [0.05, 0.1) is 24.0 Å². The predicted molar refractivity (Wildman–Crippen MR) is 58.1 cm³/mol. The first-order valence-electron chi connectivity index (χ1n) is 5.21. The van der Waals surface area contributed by atoms with Gasteiger partial charge in [-0.2, -0.15) is 0 Å². The van der Waals surface area contributed by atoms with E-state index in [9.17, 15) is 5.11 Å². The maximum atomic E-state index is 10.1. The Morgan fingerprint density at radius 3 is 2.53 bits per heavy atom. The second-order valence-corrected chi connectivity index (χ2v) is 4.64. The Labute approximate surface area is 90.3 Å². The number of rotatable bonds is 4. The number of hydrogen-bond acceptors (Lipinski definition) is 4. The van der Waals surface area contributed by atoms with E-state index in [1.165, 1.54) is 0 Å². The molecule has 0 bridgehead atoms. The first-order valence-corrected chi connectivity index (χ1v) is 5.21. The van der Waals surface area contributed by atoms with Crippen molar-refractivity contribution in [1.29, 1.82) is 0 Å². The molecule has 1 rings (SSSR count). The van der Waals surface area contributed by atoms with Crippen LogP contribution < -0.4 is 5.73 Å². The molecule has 86 valence electrons. The molecule has 0 saturated carbocycles. The van der Waals surface area contributed by atoms with Gasteiger partial charge < -0.3 is 10.8 Å². The fourth-order valence-corrected chi connectivity index (χ4v) is 1.11. The standard InChI is InChI=1S/C10H20N4O/c1-7(2)10(4,15)6-14-5-9(8(3)11)12-13-14/h5,7-8,15H,6,11H2,1-4H3. The van der Waals surface area contributed by atoms with Crippen LogP contribution in [0.3, 0.4) is 0 Å². The van der Waals surface area contributed by atoms with E-state index >= 15 is 0 Å². The van der Waals surface area contributed by atoms with Gasteiger partial charge in [0.2, 0.25) is 0 Å². The normalized spacial score (nSPS) is 17.8. The molecular formula is C10H20N4O. The summed E-state index contributed by atoms with van der Waals surface area (Å²) in [4.78, 5) is 0. The molecule has 2 unspecified atom stereocenters. The third-order valence-corrected chi connectivity index (χ3v) is 2.75. The lowest BCUT2D eigenvalue weighted by molar-refractivity contribution is -0.00611. The van der Waals surface area contributed by atoms with E-state index in [-0.39, 0.29) is 12.0 Å². The van der Waals surface area contributed by atoms with E-state index in [1.807, 2.05) is 20.8 Å². The smallest absolute Gasteiger partial charge is 0.0991 e. The number of nitrogens with zero attached hydrogens (tertiary/aromatic N) is 3. The molecule has 0 aromatic carbocycles. The molecule has 0 saturated heterocycles. The number of aliphatic hydroxyl groups is 1. The monoisotopic (exact) mass is 212 g/mol. The highest BCUT2D eigenvalue weighted by molar-refractivity contribution is 4.98. The Morgan fingerprint density at radius 2 is 2.13 bits per heavy atom. The predicted octanol–water partition coefficient (Wildman–Crippen LogP) is 0.705. The van der Waals surface area contributed by atoms with Crippen molar-refractivity contribution in [2.45, 2.75) is 45.9 Å². The fourth-order valence-electron chi connectivity index (χ4n) is 1.11. The molecule has 5 nitrogen and oxygen atoms in total. The molecule has 5 heteroatoms. The lowest BCUT2D eigenvalue weighted by Crippen LogP contribution is -2.36. The average Bonchev–Trinajstić information content (AvgIpc) is 2.51. The number of aromatic nitrogens is 3. The zero-order chi connectivity index (χ0) is 11.6. The molecule has 0 aliphatic heterocycles. The van der Waals surface area contributed by atoms with Crippen molar-refractivity contribution < 1.29 is 5.11 Å². The maximum absolute atomic E-state index is 10.1. The Bertz CT molecular complexity index is 317. The average molecular weight is 212 g/mol. The Hall–Kier alpha value is -0.940. The molecule has 0 aliphatic carbocycles. The van der Waals surface area contributed by atoms with Crippen LogP contribution in [-0.4, -0.2) is 25.7 Å². The van der Waals surface area contributed by atoms with Crippen molar-refractivity contribution in [2.75, 3.05) is 0 Å². The minimum atomic E-state index is -0.775. The Kier molecular flexibility index (Phi) is 3.46. The molecule has 0 spiro atoms. The van der Waals surface area contributed by atoms with Crippen molar-refractivity contribution in [1.82, 2.24) is 15.0 Å². The van der Waals surface area contributed by atoms with Gasteiger partial charge in [-0.25, -0.2) is 4.68 Å². The summed E-state index contributed by atoms with van der Waals surface area (Å²) in [5.74, 6) is 0.167. The van der Waals surface area contributed by atoms with Crippen molar-refractivity contribution in [3.8, 4) is 0 Å². The maximum Gasteiger partial charge on any atom is 0.0991 e. The minimum absolute atomic E-state index is 0.122. The van der Waals surface area contributed by atoms with Gasteiger partial charge >= 0.3 is 0 Å². The van der Waals surface area contributed by atoms with Crippen LogP contribution >= 0.6 is 0 Å². The fraction of sp³-hybridized carbons (Fsp3) is 0.800. The van der Waals surface area contributed by atoms with Gasteiger partial charge in [-0.1, -0.05) is 19.1 Å². The van der Waals surface area contributed by atoms with Crippen LogP contribution in [-0.2, 0) is 6.54 Å². The third-order valence-electron chi connectivity index (χ3n) is 2.75. The lowest BCUT2D eigenvalue weighted by Gasteiger charge is -2.27. The first-order chi connectivity index (χ1) is 6.83. The quantitative estimate of drug-likeness (QED) is 0.770. The molecule has 0 fully saturated rings. The summed E-state index contributed by atoms with van der Waals surface area (Å²) in [6, 6.07) is -0.122. The van der Waals surface area contributed by atoms with Gasteiger partial charge in [0.25, 0.3) is 0 Å². The molecule has 1 heterocycles. The van der Waals surface area contributed by atoms with Crippen LogP contribution in [0.15, 0.2) is 6.20 Å². The summed E-state index contributed by atoms with van der Waals surface area (Å²) >= 11 is 0. The van der Waals surface area contributed by atoms with Crippen LogP contribution in [0.4, 0.5) is 0 Å².